The second kappa shape index (κ2) is 1.96. The number of alkyl halides is 1. The van der Waals surface area contributed by atoms with Gasteiger partial charge in [-0.05, 0) is 19.3 Å². The van der Waals surface area contributed by atoms with Gasteiger partial charge in [-0.1, -0.05) is 15.9 Å². The van der Waals surface area contributed by atoms with Crippen LogP contribution in [0.1, 0.15) is 19.3 Å². The van der Waals surface area contributed by atoms with Crippen molar-refractivity contribution in [2.75, 3.05) is 0 Å². The number of nitriles is 1. The van der Waals surface area contributed by atoms with Crippen LogP contribution in [0.25, 0.3) is 0 Å². The number of hydrogen-bond acceptors (Lipinski definition) is 2. The van der Waals surface area contributed by atoms with Crippen LogP contribution in [-0.2, 0) is 4.74 Å². The maximum absolute atomic E-state index is 8.76. The highest BCUT2D eigenvalue weighted by Crippen LogP contribution is 2.50. The maximum Gasteiger partial charge on any atom is 0.192 e. The number of epoxide rings is 1. The summed E-state index contributed by atoms with van der Waals surface area (Å²) in [6.07, 6.45) is 3.56. The third-order valence-corrected chi connectivity index (χ3v) is 3.46. The van der Waals surface area contributed by atoms with Crippen molar-refractivity contribution in [3.63, 3.8) is 0 Å². The van der Waals surface area contributed by atoms with Gasteiger partial charge in [-0.25, -0.2) is 0 Å². The molecule has 0 aromatic rings. The highest BCUT2D eigenvalue weighted by Gasteiger charge is 2.63. The van der Waals surface area contributed by atoms with Crippen LogP contribution in [0.3, 0.4) is 0 Å². The Balaban J connectivity index is 2.19. The van der Waals surface area contributed by atoms with Gasteiger partial charge in [0, 0.05) is 0 Å². The summed E-state index contributed by atoms with van der Waals surface area (Å²) >= 11 is 3.47. The molecule has 0 amide bonds. The molecule has 54 valence electrons. The predicted molar refractivity (Wildman–Crippen MR) is 39.8 cm³/mol. The van der Waals surface area contributed by atoms with Crippen LogP contribution in [0.2, 0.25) is 0 Å². The smallest absolute Gasteiger partial charge is 0.192 e. The van der Waals surface area contributed by atoms with Gasteiger partial charge in [-0.3, -0.25) is 0 Å². The monoisotopic (exact) mass is 201 g/mol. The Morgan fingerprint density at radius 2 is 2.40 bits per heavy atom. The highest BCUT2D eigenvalue weighted by atomic mass is 79.9. The Morgan fingerprint density at radius 1 is 1.60 bits per heavy atom. The number of ether oxygens (including phenoxy) is 1. The van der Waals surface area contributed by atoms with Crippen LogP contribution in [0.15, 0.2) is 0 Å². The van der Waals surface area contributed by atoms with E-state index in [1.165, 1.54) is 6.42 Å². The van der Waals surface area contributed by atoms with Crippen LogP contribution >= 0.6 is 15.9 Å². The largest absolute Gasteiger partial charge is 0.349 e. The fourth-order valence-corrected chi connectivity index (χ4v) is 2.44. The van der Waals surface area contributed by atoms with Gasteiger partial charge in [0.15, 0.2) is 5.60 Å². The van der Waals surface area contributed by atoms with Gasteiger partial charge < -0.3 is 4.74 Å². The van der Waals surface area contributed by atoms with Crippen molar-refractivity contribution in [2.45, 2.75) is 35.8 Å². The van der Waals surface area contributed by atoms with Crippen molar-refractivity contribution in [3.8, 4) is 6.07 Å². The molecule has 0 bridgehead atoms. The van der Waals surface area contributed by atoms with Gasteiger partial charge in [0.2, 0.25) is 0 Å². The summed E-state index contributed by atoms with van der Waals surface area (Å²) in [5.41, 5.74) is -0.432. The van der Waals surface area contributed by atoms with Gasteiger partial charge in [0.1, 0.15) is 12.2 Å². The van der Waals surface area contributed by atoms with Crippen LogP contribution in [0.5, 0.6) is 0 Å². The molecular weight excluding hydrogens is 194 g/mol. The number of halogens is 1. The number of fused-ring (bicyclic) bond motifs is 1. The molecule has 0 aromatic carbocycles. The van der Waals surface area contributed by atoms with Gasteiger partial charge in [0.05, 0.1) is 4.83 Å². The Bertz CT molecular complexity index is 200. The molecule has 2 aliphatic rings. The van der Waals surface area contributed by atoms with E-state index in [9.17, 15) is 0 Å². The summed E-state index contributed by atoms with van der Waals surface area (Å²) in [6.45, 7) is 0. The second-order valence-corrected chi connectivity index (χ2v) is 4.02. The lowest BCUT2D eigenvalue weighted by atomic mass is 9.90. The molecule has 2 fully saturated rings. The van der Waals surface area contributed by atoms with Gasteiger partial charge in [0.25, 0.3) is 0 Å². The van der Waals surface area contributed by atoms with Gasteiger partial charge in [-0.2, -0.15) is 5.26 Å². The van der Waals surface area contributed by atoms with E-state index in [2.05, 4.69) is 22.0 Å². The first kappa shape index (κ1) is 6.63. The Labute approximate surface area is 68.3 Å². The molecule has 0 N–H and O–H groups in total. The van der Waals surface area contributed by atoms with Gasteiger partial charge >= 0.3 is 0 Å². The zero-order chi connectivity index (χ0) is 7.19. The van der Waals surface area contributed by atoms with E-state index in [1.54, 1.807) is 0 Å². The van der Waals surface area contributed by atoms with Crippen molar-refractivity contribution >= 4 is 15.9 Å². The second-order valence-electron chi connectivity index (χ2n) is 2.91. The van der Waals surface area contributed by atoms with E-state index in [4.69, 9.17) is 10.00 Å². The molecule has 0 spiro atoms. The molecule has 1 heterocycles. The number of rotatable bonds is 0. The molecule has 2 rings (SSSR count). The van der Waals surface area contributed by atoms with E-state index in [1.807, 2.05) is 0 Å². The summed E-state index contributed by atoms with van der Waals surface area (Å²) in [6, 6.07) is 2.24. The molecule has 3 heteroatoms. The minimum atomic E-state index is -0.432. The van der Waals surface area contributed by atoms with E-state index in [-0.39, 0.29) is 10.9 Å². The first-order valence-electron chi connectivity index (χ1n) is 3.53. The minimum absolute atomic E-state index is 0.232. The van der Waals surface area contributed by atoms with E-state index in [0.717, 1.165) is 12.8 Å². The first-order chi connectivity index (χ1) is 4.79. The lowest BCUT2D eigenvalue weighted by Crippen LogP contribution is -2.29. The van der Waals surface area contributed by atoms with Crippen molar-refractivity contribution in [1.82, 2.24) is 0 Å². The summed E-state index contributed by atoms with van der Waals surface area (Å²) in [5, 5.41) is 8.76. The maximum atomic E-state index is 8.76. The highest BCUT2D eigenvalue weighted by molar-refractivity contribution is 9.09. The van der Waals surface area contributed by atoms with E-state index >= 15 is 0 Å². The average Bonchev–Trinajstić information content (AvgIpc) is 2.65. The molecule has 0 aromatic heterocycles. The number of hydrogen-bond donors (Lipinski definition) is 0. The molecule has 1 aliphatic heterocycles. The minimum Gasteiger partial charge on any atom is -0.349 e. The van der Waals surface area contributed by atoms with E-state index < -0.39 is 5.60 Å². The SMILES string of the molecule is N#CC12OC1CCCC2Br. The molecule has 1 aliphatic carbocycles. The molecular formula is C7H8BrNO. The summed E-state index contributed by atoms with van der Waals surface area (Å²) in [7, 11) is 0. The van der Waals surface area contributed by atoms with Crippen molar-refractivity contribution < 1.29 is 4.74 Å². The molecule has 1 saturated carbocycles. The van der Waals surface area contributed by atoms with Crippen LogP contribution < -0.4 is 0 Å². The van der Waals surface area contributed by atoms with Crippen molar-refractivity contribution in [2.24, 2.45) is 0 Å². The van der Waals surface area contributed by atoms with Gasteiger partial charge in [-0.15, -0.1) is 0 Å². The molecule has 3 unspecified atom stereocenters. The summed E-state index contributed by atoms with van der Waals surface area (Å²) in [5.74, 6) is 0. The van der Waals surface area contributed by atoms with Crippen molar-refractivity contribution in [3.05, 3.63) is 0 Å². The quantitative estimate of drug-likeness (QED) is 0.441. The van der Waals surface area contributed by atoms with E-state index in [0.29, 0.717) is 0 Å². The topological polar surface area (TPSA) is 36.3 Å². The number of nitrogens with zero attached hydrogens (tertiary/aromatic N) is 1. The lowest BCUT2D eigenvalue weighted by Gasteiger charge is -2.16. The first-order valence-corrected chi connectivity index (χ1v) is 4.44. The molecule has 2 nitrogen and oxygen atoms in total. The fourth-order valence-electron chi connectivity index (χ4n) is 1.62. The fraction of sp³-hybridized carbons (Fsp3) is 0.857. The Kier molecular flexibility index (Phi) is 1.30. The Hall–Kier alpha value is -0.0700. The molecule has 3 atom stereocenters. The standard InChI is InChI=1S/C7H8BrNO/c8-5-2-1-3-6-7(5,4-9)10-6/h5-6H,1-3H2. The average molecular weight is 202 g/mol. The Morgan fingerprint density at radius 3 is 2.90 bits per heavy atom. The summed E-state index contributed by atoms with van der Waals surface area (Å²) in [4.78, 5) is 0.267. The molecule has 0 radical (unpaired) electrons. The summed E-state index contributed by atoms with van der Waals surface area (Å²) < 4.78 is 5.32. The third kappa shape index (κ3) is 0.665. The van der Waals surface area contributed by atoms with Crippen LogP contribution in [0, 0.1) is 11.3 Å². The molecule has 1 saturated heterocycles. The van der Waals surface area contributed by atoms with Crippen LogP contribution in [-0.4, -0.2) is 16.5 Å². The van der Waals surface area contributed by atoms with Crippen molar-refractivity contribution in [1.29, 1.82) is 5.26 Å². The van der Waals surface area contributed by atoms with Crippen LogP contribution in [0.4, 0.5) is 0 Å². The predicted octanol–water partition coefficient (Wildman–Crippen LogP) is 1.59. The lowest BCUT2D eigenvalue weighted by molar-refractivity contribution is 0.340. The zero-order valence-corrected chi connectivity index (χ0v) is 7.10. The molecule has 10 heavy (non-hydrogen) atoms. The zero-order valence-electron chi connectivity index (χ0n) is 5.51. The normalized spacial score (nSPS) is 51.2. The third-order valence-electron chi connectivity index (χ3n) is 2.32.